The Hall–Kier alpha value is -1.92. The van der Waals surface area contributed by atoms with Crippen LogP contribution in [0.4, 0.5) is 0 Å². The quantitative estimate of drug-likeness (QED) is 0.706. The summed E-state index contributed by atoms with van der Waals surface area (Å²) >= 11 is 5.80. The molecule has 5 nitrogen and oxygen atoms in total. The number of aryl methyl sites for hydroxylation is 1. The lowest BCUT2D eigenvalue weighted by Crippen LogP contribution is -2.28. The summed E-state index contributed by atoms with van der Waals surface area (Å²) in [5.41, 5.74) is 7.76. The van der Waals surface area contributed by atoms with Gasteiger partial charge in [-0.05, 0) is 42.5 Å². The molecule has 1 fully saturated rings. The molecule has 2 aromatic carbocycles. The highest BCUT2D eigenvalue weighted by molar-refractivity contribution is 6.30. The monoisotopic (exact) mass is 416 g/mol. The lowest BCUT2D eigenvalue weighted by Gasteiger charge is -2.29. The molecule has 0 radical (unpaired) electrons. The highest BCUT2D eigenvalue weighted by Crippen LogP contribution is 2.15. The van der Waals surface area contributed by atoms with Gasteiger partial charge >= 0.3 is 0 Å². The first-order chi connectivity index (χ1) is 13.9. The largest absolute Gasteiger partial charge is 0.862 e. The third-order valence-electron chi connectivity index (χ3n) is 4.95. The van der Waals surface area contributed by atoms with Crippen LogP contribution in [0.25, 0.3) is 0 Å². The molecule has 0 atom stereocenters. The molecule has 1 saturated carbocycles. The number of benzene rings is 2. The molecule has 0 bridgehead atoms. The van der Waals surface area contributed by atoms with E-state index in [0.29, 0.717) is 30.5 Å². The summed E-state index contributed by atoms with van der Waals surface area (Å²) in [5.74, 6) is -0.0513. The maximum atomic E-state index is 11.8. The van der Waals surface area contributed by atoms with E-state index in [4.69, 9.17) is 17.3 Å². The van der Waals surface area contributed by atoms with Gasteiger partial charge in [0.05, 0.1) is 0 Å². The van der Waals surface area contributed by atoms with Crippen LogP contribution in [0.1, 0.15) is 61.5 Å². The molecule has 3 N–H and O–H groups in total. The van der Waals surface area contributed by atoms with Crippen LogP contribution in [0.15, 0.2) is 48.5 Å². The van der Waals surface area contributed by atoms with Crippen LogP contribution in [0.3, 0.4) is 0 Å². The fourth-order valence-corrected chi connectivity index (χ4v) is 3.25. The number of nitrogens with two attached hydrogens (primary N) is 1. The van der Waals surface area contributed by atoms with Crippen molar-refractivity contribution in [3.63, 3.8) is 0 Å². The van der Waals surface area contributed by atoms with Crippen LogP contribution in [0, 0.1) is 0 Å². The van der Waals surface area contributed by atoms with Gasteiger partial charge < -0.3 is 21.3 Å². The van der Waals surface area contributed by atoms with Gasteiger partial charge in [0, 0.05) is 24.0 Å². The maximum absolute atomic E-state index is 11.8. The van der Waals surface area contributed by atoms with Crippen LogP contribution in [-0.2, 0) is 17.8 Å². The minimum absolute atomic E-state index is 0.0513. The molecule has 0 aromatic heterocycles. The van der Waals surface area contributed by atoms with Gasteiger partial charge in [-0.3, -0.25) is 4.79 Å². The van der Waals surface area contributed by atoms with Gasteiger partial charge in [0.2, 0.25) is 5.91 Å². The molecule has 0 unspecified atom stereocenters. The first-order valence-corrected chi connectivity index (χ1v) is 10.5. The number of carbonyl (C=O) groups is 1. The van der Waals surface area contributed by atoms with Gasteiger partial charge in [-0.1, -0.05) is 72.8 Å². The normalized spacial score (nSPS) is 14.2. The summed E-state index contributed by atoms with van der Waals surface area (Å²) < 4.78 is 0. The van der Waals surface area contributed by atoms with Crippen LogP contribution >= 0.6 is 11.6 Å². The third kappa shape index (κ3) is 9.41. The second kappa shape index (κ2) is 12.6. The third-order valence-corrected chi connectivity index (χ3v) is 5.20. The zero-order valence-corrected chi connectivity index (χ0v) is 17.4. The highest BCUT2D eigenvalue weighted by Gasteiger charge is 2.06. The molecule has 0 saturated heterocycles. The van der Waals surface area contributed by atoms with E-state index in [1.807, 2.05) is 12.1 Å². The van der Waals surface area contributed by atoms with Crippen molar-refractivity contribution in [3.05, 3.63) is 70.2 Å². The molecule has 0 aliphatic heterocycles. The first kappa shape index (κ1) is 23.4. The summed E-state index contributed by atoms with van der Waals surface area (Å²) in [7, 11) is 0. The highest BCUT2D eigenvalue weighted by atomic mass is 35.5. The molecule has 1 aliphatic carbocycles. The fourth-order valence-electron chi connectivity index (χ4n) is 3.12. The number of carbonyl (C=O) groups excluding carboxylic acids is 1. The van der Waals surface area contributed by atoms with E-state index in [-0.39, 0.29) is 11.5 Å². The standard InChI is InChI=1S/C17H16ClNO3.C6H13N/c18-15-8-3-13(4-9-15)11-19-16(20)10-5-12-1-6-14(7-2-12)17(21)22;7-6-4-2-1-3-5-6/h1-4,6-9,17H,5,10-11H2,(H,19,20);6H,1-5,7H2/q-2;. The molecule has 1 amide bonds. The van der Waals surface area contributed by atoms with Crippen LogP contribution in [0.2, 0.25) is 5.02 Å². The van der Waals surface area contributed by atoms with E-state index < -0.39 is 6.29 Å². The summed E-state index contributed by atoms with van der Waals surface area (Å²) in [5, 5.41) is 24.9. The molecule has 3 rings (SSSR count). The average molecular weight is 417 g/mol. The van der Waals surface area contributed by atoms with E-state index in [9.17, 15) is 15.0 Å². The molecule has 29 heavy (non-hydrogen) atoms. The molecule has 158 valence electrons. The number of rotatable bonds is 6. The van der Waals surface area contributed by atoms with E-state index in [0.717, 1.165) is 11.1 Å². The minimum atomic E-state index is -1.96. The van der Waals surface area contributed by atoms with E-state index in [1.54, 1.807) is 24.3 Å². The molecular weight excluding hydrogens is 388 g/mol. The van der Waals surface area contributed by atoms with Gasteiger partial charge in [-0.2, -0.15) is 6.29 Å². The van der Waals surface area contributed by atoms with Crippen molar-refractivity contribution in [2.45, 2.75) is 63.8 Å². The zero-order valence-electron chi connectivity index (χ0n) is 16.6. The molecule has 0 heterocycles. The van der Waals surface area contributed by atoms with Gasteiger partial charge in [0.15, 0.2) is 0 Å². The number of hydrogen-bond acceptors (Lipinski definition) is 4. The van der Waals surface area contributed by atoms with Crippen LogP contribution < -0.4 is 21.3 Å². The molecule has 2 aromatic rings. The Morgan fingerprint density at radius 3 is 2.10 bits per heavy atom. The molecule has 6 heteroatoms. The Balaban J connectivity index is 0.000000360. The second-order valence-electron chi connectivity index (χ2n) is 7.37. The number of amides is 1. The number of halogens is 1. The molecular formula is C23H29ClN2O3-2. The summed E-state index contributed by atoms with van der Waals surface area (Å²) in [4.78, 5) is 11.8. The van der Waals surface area contributed by atoms with E-state index in [1.165, 1.54) is 44.2 Å². The average Bonchev–Trinajstić information content (AvgIpc) is 2.73. The SMILES string of the molecule is NC1CCCCC1.O=C(CCc1ccc(C([O-])[O-])cc1)NCc1ccc(Cl)cc1. The Morgan fingerprint density at radius 1 is 1.00 bits per heavy atom. The van der Waals surface area contributed by atoms with E-state index >= 15 is 0 Å². The summed E-state index contributed by atoms with van der Waals surface area (Å²) in [6, 6.07) is 14.3. The zero-order chi connectivity index (χ0) is 21.1. The van der Waals surface area contributed by atoms with Crippen LogP contribution in [-0.4, -0.2) is 11.9 Å². The first-order valence-electron chi connectivity index (χ1n) is 10.1. The van der Waals surface area contributed by atoms with Crippen LogP contribution in [0.5, 0.6) is 0 Å². The Labute approximate surface area is 177 Å². The lowest BCUT2D eigenvalue weighted by atomic mass is 9.97. The Kier molecular flexibility index (Phi) is 10.2. The van der Waals surface area contributed by atoms with Crippen molar-refractivity contribution in [3.8, 4) is 0 Å². The predicted octanol–water partition coefficient (Wildman–Crippen LogP) is 2.59. The van der Waals surface area contributed by atoms with Gasteiger partial charge in [-0.25, -0.2) is 0 Å². The lowest BCUT2D eigenvalue weighted by molar-refractivity contribution is -0.668. The topological polar surface area (TPSA) is 101 Å². The summed E-state index contributed by atoms with van der Waals surface area (Å²) in [6.07, 6.45) is 5.62. The second-order valence-corrected chi connectivity index (χ2v) is 7.81. The van der Waals surface area contributed by atoms with Gasteiger partial charge in [0.1, 0.15) is 0 Å². The van der Waals surface area contributed by atoms with E-state index in [2.05, 4.69) is 5.32 Å². The molecule has 0 spiro atoms. The van der Waals surface area contributed by atoms with Crippen molar-refractivity contribution < 1.29 is 15.0 Å². The van der Waals surface area contributed by atoms with Gasteiger partial charge in [-0.15, -0.1) is 0 Å². The Morgan fingerprint density at radius 2 is 1.59 bits per heavy atom. The van der Waals surface area contributed by atoms with Crippen molar-refractivity contribution >= 4 is 17.5 Å². The fraction of sp³-hybridized carbons (Fsp3) is 0.435. The van der Waals surface area contributed by atoms with Gasteiger partial charge in [0.25, 0.3) is 0 Å². The van der Waals surface area contributed by atoms with Crippen molar-refractivity contribution in [1.82, 2.24) is 5.32 Å². The maximum Gasteiger partial charge on any atom is 0.220 e. The number of hydrogen-bond donors (Lipinski definition) is 2. The molecule has 1 aliphatic rings. The van der Waals surface area contributed by atoms with Crippen molar-refractivity contribution in [2.24, 2.45) is 5.73 Å². The predicted molar refractivity (Wildman–Crippen MR) is 112 cm³/mol. The minimum Gasteiger partial charge on any atom is -0.862 e. The summed E-state index contributed by atoms with van der Waals surface area (Å²) in [6.45, 7) is 0.461. The Bertz CT molecular complexity index is 727. The number of nitrogens with one attached hydrogen (secondary N) is 1. The van der Waals surface area contributed by atoms with Crippen molar-refractivity contribution in [2.75, 3.05) is 0 Å². The smallest absolute Gasteiger partial charge is 0.220 e. The van der Waals surface area contributed by atoms with Crippen molar-refractivity contribution in [1.29, 1.82) is 0 Å².